The Bertz CT molecular complexity index is 300. The molecule has 1 aliphatic rings. The lowest BCUT2D eigenvalue weighted by molar-refractivity contribution is 0.417. The van der Waals surface area contributed by atoms with Gasteiger partial charge in [-0.3, -0.25) is 4.68 Å². The van der Waals surface area contributed by atoms with E-state index in [0.29, 0.717) is 0 Å². The van der Waals surface area contributed by atoms with Gasteiger partial charge in [0.25, 0.3) is 0 Å². The fraction of sp³-hybridized carbons (Fsp3) is 0.727. The Kier molecular flexibility index (Phi) is 3.26. The molecule has 1 fully saturated rings. The SMILES string of the molecule is CCn1nc(Br)cc1C1CCCCC1. The van der Waals surface area contributed by atoms with Gasteiger partial charge >= 0.3 is 0 Å². The monoisotopic (exact) mass is 256 g/mol. The van der Waals surface area contributed by atoms with E-state index >= 15 is 0 Å². The highest BCUT2D eigenvalue weighted by molar-refractivity contribution is 9.10. The summed E-state index contributed by atoms with van der Waals surface area (Å²) in [5.74, 6) is 0.752. The first-order chi connectivity index (χ1) is 6.81. The van der Waals surface area contributed by atoms with E-state index in [2.05, 4.69) is 38.7 Å². The van der Waals surface area contributed by atoms with Gasteiger partial charge in [-0.25, -0.2) is 0 Å². The maximum atomic E-state index is 4.44. The van der Waals surface area contributed by atoms with E-state index in [-0.39, 0.29) is 0 Å². The first-order valence-electron chi connectivity index (χ1n) is 5.54. The van der Waals surface area contributed by atoms with Gasteiger partial charge in [0, 0.05) is 18.2 Å². The maximum absolute atomic E-state index is 4.44. The standard InChI is InChI=1S/C11H17BrN2/c1-2-14-10(8-11(12)13-14)9-6-4-3-5-7-9/h8-9H,2-7H2,1H3. The second kappa shape index (κ2) is 4.47. The van der Waals surface area contributed by atoms with Gasteiger partial charge in [0.05, 0.1) is 0 Å². The van der Waals surface area contributed by atoms with Gasteiger partial charge in [0.15, 0.2) is 0 Å². The van der Waals surface area contributed by atoms with Gasteiger partial charge in [-0.2, -0.15) is 5.10 Å². The molecule has 0 amide bonds. The molecule has 0 bridgehead atoms. The Hall–Kier alpha value is -0.310. The molecule has 1 heterocycles. The van der Waals surface area contributed by atoms with E-state index in [1.807, 2.05) is 0 Å². The summed E-state index contributed by atoms with van der Waals surface area (Å²) < 4.78 is 3.12. The van der Waals surface area contributed by atoms with Crippen LogP contribution in [0.2, 0.25) is 0 Å². The van der Waals surface area contributed by atoms with Gasteiger partial charge < -0.3 is 0 Å². The number of rotatable bonds is 2. The van der Waals surface area contributed by atoms with Crippen LogP contribution in [-0.4, -0.2) is 9.78 Å². The van der Waals surface area contributed by atoms with Gasteiger partial charge in [-0.1, -0.05) is 19.3 Å². The molecule has 78 valence electrons. The zero-order chi connectivity index (χ0) is 9.97. The molecule has 0 N–H and O–H groups in total. The van der Waals surface area contributed by atoms with Gasteiger partial charge in [0.2, 0.25) is 0 Å². The van der Waals surface area contributed by atoms with Gasteiger partial charge in [0.1, 0.15) is 4.60 Å². The average molecular weight is 257 g/mol. The summed E-state index contributed by atoms with van der Waals surface area (Å²) in [6.07, 6.45) is 6.88. The highest BCUT2D eigenvalue weighted by Gasteiger charge is 2.19. The number of aryl methyl sites for hydroxylation is 1. The molecule has 0 radical (unpaired) electrons. The molecular weight excluding hydrogens is 240 g/mol. The Morgan fingerprint density at radius 3 is 2.79 bits per heavy atom. The van der Waals surface area contributed by atoms with Gasteiger partial charge in [-0.05, 0) is 41.8 Å². The number of nitrogens with zero attached hydrogens (tertiary/aromatic N) is 2. The van der Waals surface area contributed by atoms with E-state index in [0.717, 1.165) is 17.1 Å². The third-order valence-corrected chi connectivity index (χ3v) is 3.49. The molecule has 0 aromatic carbocycles. The van der Waals surface area contributed by atoms with Crippen LogP contribution in [0.3, 0.4) is 0 Å². The van der Waals surface area contributed by atoms with E-state index in [1.54, 1.807) is 0 Å². The molecule has 1 aliphatic carbocycles. The molecular formula is C11H17BrN2. The Labute approximate surface area is 93.8 Å². The Balaban J connectivity index is 2.20. The molecule has 2 nitrogen and oxygen atoms in total. The summed E-state index contributed by atoms with van der Waals surface area (Å²) in [4.78, 5) is 0. The second-order valence-corrected chi connectivity index (χ2v) is 4.86. The smallest absolute Gasteiger partial charge is 0.128 e. The van der Waals surface area contributed by atoms with Crippen molar-refractivity contribution in [1.29, 1.82) is 0 Å². The quantitative estimate of drug-likeness (QED) is 0.789. The molecule has 0 unspecified atom stereocenters. The third-order valence-electron chi connectivity index (χ3n) is 3.10. The molecule has 0 atom stereocenters. The third kappa shape index (κ3) is 2.02. The predicted octanol–water partition coefficient (Wildman–Crippen LogP) is 3.71. The van der Waals surface area contributed by atoms with E-state index < -0.39 is 0 Å². The largest absolute Gasteiger partial charge is 0.268 e. The molecule has 2 rings (SSSR count). The normalized spacial score (nSPS) is 18.7. The Morgan fingerprint density at radius 2 is 2.14 bits per heavy atom. The van der Waals surface area contributed by atoms with Gasteiger partial charge in [-0.15, -0.1) is 0 Å². The van der Waals surface area contributed by atoms with Crippen molar-refractivity contribution in [3.05, 3.63) is 16.4 Å². The number of hydrogen-bond donors (Lipinski definition) is 0. The van der Waals surface area contributed by atoms with E-state index in [9.17, 15) is 0 Å². The molecule has 14 heavy (non-hydrogen) atoms. The summed E-state index contributed by atoms with van der Waals surface area (Å²) in [5, 5.41) is 4.44. The van der Waals surface area contributed by atoms with Crippen molar-refractivity contribution in [1.82, 2.24) is 9.78 Å². The van der Waals surface area contributed by atoms with Crippen LogP contribution in [0.1, 0.15) is 50.6 Å². The minimum Gasteiger partial charge on any atom is -0.268 e. The van der Waals surface area contributed by atoms with Crippen LogP contribution in [0.15, 0.2) is 10.7 Å². The number of halogens is 1. The highest BCUT2D eigenvalue weighted by atomic mass is 79.9. The van der Waals surface area contributed by atoms with Crippen LogP contribution in [-0.2, 0) is 6.54 Å². The molecule has 3 heteroatoms. The van der Waals surface area contributed by atoms with Crippen LogP contribution in [0.25, 0.3) is 0 Å². The minimum atomic E-state index is 0.752. The second-order valence-electron chi connectivity index (χ2n) is 4.04. The number of hydrogen-bond acceptors (Lipinski definition) is 1. The summed E-state index contributed by atoms with van der Waals surface area (Å²) in [6, 6.07) is 2.19. The van der Waals surface area contributed by atoms with E-state index in [1.165, 1.54) is 37.8 Å². The summed E-state index contributed by atoms with van der Waals surface area (Å²) in [5.41, 5.74) is 1.43. The zero-order valence-electron chi connectivity index (χ0n) is 8.67. The maximum Gasteiger partial charge on any atom is 0.128 e. The minimum absolute atomic E-state index is 0.752. The predicted molar refractivity (Wildman–Crippen MR) is 61.4 cm³/mol. The molecule has 1 aromatic rings. The van der Waals surface area contributed by atoms with Crippen LogP contribution in [0.4, 0.5) is 0 Å². The van der Waals surface area contributed by atoms with Crippen molar-refractivity contribution in [2.24, 2.45) is 0 Å². The van der Waals surface area contributed by atoms with Crippen molar-refractivity contribution < 1.29 is 0 Å². The summed E-state index contributed by atoms with van der Waals surface area (Å²) in [7, 11) is 0. The van der Waals surface area contributed by atoms with E-state index in [4.69, 9.17) is 0 Å². The van der Waals surface area contributed by atoms with Crippen molar-refractivity contribution in [3.8, 4) is 0 Å². The average Bonchev–Trinajstić information content (AvgIpc) is 2.61. The lowest BCUT2D eigenvalue weighted by Crippen LogP contribution is -2.11. The van der Waals surface area contributed by atoms with Crippen LogP contribution < -0.4 is 0 Å². The van der Waals surface area contributed by atoms with Crippen molar-refractivity contribution >= 4 is 15.9 Å². The first-order valence-corrected chi connectivity index (χ1v) is 6.34. The zero-order valence-corrected chi connectivity index (χ0v) is 10.3. The first kappa shape index (κ1) is 10.2. The summed E-state index contributed by atoms with van der Waals surface area (Å²) in [6.45, 7) is 3.14. The van der Waals surface area contributed by atoms with Crippen LogP contribution >= 0.6 is 15.9 Å². The van der Waals surface area contributed by atoms with Crippen LogP contribution in [0.5, 0.6) is 0 Å². The van der Waals surface area contributed by atoms with Crippen LogP contribution in [0, 0.1) is 0 Å². The number of aromatic nitrogens is 2. The Morgan fingerprint density at radius 1 is 1.43 bits per heavy atom. The fourth-order valence-electron chi connectivity index (χ4n) is 2.38. The van der Waals surface area contributed by atoms with Crippen molar-refractivity contribution in [2.75, 3.05) is 0 Å². The molecule has 0 saturated heterocycles. The molecule has 1 saturated carbocycles. The van der Waals surface area contributed by atoms with Crippen molar-refractivity contribution in [2.45, 2.75) is 51.5 Å². The molecule has 1 aromatic heterocycles. The topological polar surface area (TPSA) is 17.8 Å². The lowest BCUT2D eigenvalue weighted by Gasteiger charge is -2.22. The lowest BCUT2D eigenvalue weighted by atomic mass is 9.87. The highest BCUT2D eigenvalue weighted by Crippen LogP contribution is 2.33. The van der Waals surface area contributed by atoms with Crippen molar-refractivity contribution in [3.63, 3.8) is 0 Å². The fourth-order valence-corrected chi connectivity index (χ4v) is 2.80. The summed E-state index contributed by atoms with van der Waals surface area (Å²) >= 11 is 3.46. The molecule has 0 aliphatic heterocycles. The molecule has 0 spiro atoms.